The minimum absolute atomic E-state index is 0.382. The van der Waals surface area contributed by atoms with E-state index in [1.807, 2.05) is 25.8 Å². The maximum atomic E-state index is 13.3. The van der Waals surface area contributed by atoms with Crippen molar-refractivity contribution in [3.8, 4) is 5.88 Å². The predicted molar refractivity (Wildman–Crippen MR) is 90.8 cm³/mol. The molecule has 1 heterocycles. The van der Waals surface area contributed by atoms with Gasteiger partial charge in [0.1, 0.15) is 17.7 Å². The minimum Gasteiger partial charge on any atom is -0.470 e. The lowest BCUT2D eigenvalue weighted by atomic mass is 10.1. The number of ether oxygens (including phenoxy) is 1. The Hall–Kier alpha value is -2.50. The topological polar surface area (TPSA) is 37.7 Å². The third kappa shape index (κ3) is 4.75. The highest BCUT2D eigenvalue weighted by Crippen LogP contribution is 2.25. The predicted octanol–water partition coefficient (Wildman–Crippen LogP) is 4.42. The number of halogens is 2. The third-order valence-corrected chi connectivity index (χ3v) is 3.58. The molecule has 0 saturated heterocycles. The van der Waals surface area contributed by atoms with Crippen LogP contribution in [0.3, 0.4) is 0 Å². The maximum Gasteiger partial charge on any atom is 0.214 e. The van der Waals surface area contributed by atoms with Gasteiger partial charge in [-0.2, -0.15) is 0 Å². The lowest BCUT2D eigenvalue weighted by Gasteiger charge is -2.15. The van der Waals surface area contributed by atoms with Gasteiger partial charge >= 0.3 is 0 Å². The summed E-state index contributed by atoms with van der Waals surface area (Å²) in [5.41, 5.74) is 1.87. The Balaban J connectivity index is 2.12. The van der Waals surface area contributed by atoms with Gasteiger partial charge in [-0.3, -0.25) is 0 Å². The first-order valence-corrected chi connectivity index (χ1v) is 7.73. The molecule has 0 amide bonds. The molecule has 2 rings (SSSR count). The number of aryl methyl sites for hydroxylation is 1. The highest BCUT2D eigenvalue weighted by molar-refractivity contribution is 5.62. The second-order valence-electron chi connectivity index (χ2n) is 5.53. The summed E-state index contributed by atoms with van der Waals surface area (Å²) in [5, 5.41) is 0. The van der Waals surface area contributed by atoms with E-state index in [0.717, 1.165) is 18.3 Å². The van der Waals surface area contributed by atoms with Crippen molar-refractivity contribution < 1.29 is 13.5 Å². The smallest absolute Gasteiger partial charge is 0.214 e. The van der Waals surface area contributed by atoms with E-state index in [9.17, 15) is 8.78 Å². The zero-order valence-corrected chi connectivity index (χ0v) is 14.3. The van der Waals surface area contributed by atoms with Gasteiger partial charge in [0.05, 0.1) is 17.7 Å². The molecule has 1 aromatic carbocycles. The van der Waals surface area contributed by atoms with Crippen LogP contribution >= 0.6 is 0 Å². The molecule has 2 aromatic rings. The summed E-state index contributed by atoms with van der Waals surface area (Å²) in [6, 6.07) is 6.83. The number of aliphatic imine (C=N–C) groups is 1. The van der Waals surface area contributed by atoms with Crippen LogP contribution in [0.2, 0.25) is 0 Å². The minimum atomic E-state index is -0.630. The van der Waals surface area contributed by atoms with E-state index in [1.54, 1.807) is 25.4 Å². The van der Waals surface area contributed by atoms with Crippen molar-refractivity contribution in [2.24, 2.45) is 4.99 Å². The van der Waals surface area contributed by atoms with Crippen LogP contribution < -0.4 is 4.74 Å². The summed E-state index contributed by atoms with van der Waals surface area (Å²) in [6.45, 7) is 6.44. The number of aromatic nitrogens is 1. The van der Waals surface area contributed by atoms with Crippen LogP contribution in [0.25, 0.3) is 0 Å². The molecule has 0 saturated carbocycles. The standard InChI is InChI=1S/C18H21F2N3O/c1-5-23(4)11-21-17-6-7-18(22-12(17)2)24-13(3)14-8-15(19)10-16(20)9-14/h6-11,13H,5H2,1-4H3/t13-/m0/s1. The van der Waals surface area contributed by atoms with Crippen LogP contribution in [0, 0.1) is 18.6 Å². The number of hydrogen-bond donors (Lipinski definition) is 0. The third-order valence-electron chi connectivity index (χ3n) is 3.58. The SMILES string of the molecule is CCN(C)C=Nc1ccc(O[C@@H](C)c2cc(F)cc(F)c2)nc1C. The normalized spacial score (nSPS) is 12.4. The summed E-state index contributed by atoms with van der Waals surface area (Å²) in [6.07, 6.45) is 1.21. The van der Waals surface area contributed by atoms with E-state index in [1.165, 1.54) is 12.1 Å². The summed E-state index contributed by atoms with van der Waals surface area (Å²) in [4.78, 5) is 10.7. The molecule has 0 aliphatic rings. The van der Waals surface area contributed by atoms with Crippen LogP contribution in [0.4, 0.5) is 14.5 Å². The molecular weight excluding hydrogens is 312 g/mol. The second kappa shape index (κ2) is 7.86. The van der Waals surface area contributed by atoms with Gasteiger partial charge in [0.15, 0.2) is 0 Å². The molecule has 0 spiro atoms. The first-order chi connectivity index (χ1) is 11.4. The average molecular weight is 333 g/mol. The maximum absolute atomic E-state index is 13.3. The molecule has 0 radical (unpaired) electrons. The van der Waals surface area contributed by atoms with E-state index >= 15 is 0 Å². The molecule has 24 heavy (non-hydrogen) atoms. The van der Waals surface area contributed by atoms with Crippen LogP contribution in [-0.4, -0.2) is 29.8 Å². The summed E-state index contributed by atoms with van der Waals surface area (Å²) in [5.74, 6) is -0.879. The molecule has 0 aliphatic carbocycles. The molecular formula is C18H21F2N3O. The lowest BCUT2D eigenvalue weighted by Crippen LogP contribution is -2.14. The molecule has 0 aliphatic heterocycles. The Labute approximate surface area is 140 Å². The number of pyridine rings is 1. The summed E-state index contributed by atoms with van der Waals surface area (Å²) >= 11 is 0. The number of rotatable bonds is 6. The van der Waals surface area contributed by atoms with Gasteiger partial charge in [-0.1, -0.05) is 0 Å². The van der Waals surface area contributed by atoms with Crippen molar-refractivity contribution in [1.29, 1.82) is 0 Å². The molecule has 4 nitrogen and oxygen atoms in total. The monoisotopic (exact) mass is 333 g/mol. The largest absolute Gasteiger partial charge is 0.470 e. The van der Waals surface area contributed by atoms with E-state index < -0.39 is 17.7 Å². The first kappa shape index (κ1) is 17.8. The molecule has 1 atom stereocenters. The van der Waals surface area contributed by atoms with Gasteiger partial charge < -0.3 is 9.64 Å². The van der Waals surface area contributed by atoms with Crippen molar-refractivity contribution in [3.63, 3.8) is 0 Å². The second-order valence-corrected chi connectivity index (χ2v) is 5.53. The zero-order valence-electron chi connectivity index (χ0n) is 14.3. The number of benzene rings is 1. The quantitative estimate of drug-likeness (QED) is 0.580. The van der Waals surface area contributed by atoms with Crippen LogP contribution in [-0.2, 0) is 0 Å². The van der Waals surface area contributed by atoms with E-state index in [0.29, 0.717) is 17.1 Å². The van der Waals surface area contributed by atoms with Gasteiger partial charge in [0.2, 0.25) is 5.88 Å². The Morgan fingerprint density at radius 3 is 2.50 bits per heavy atom. The number of nitrogens with zero attached hydrogens (tertiary/aromatic N) is 3. The molecule has 0 N–H and O–H groups in total. The highest BCUT2D eigenvalue weighted by atomic mass is 19.1. The molecule has 6 heteroatoms. The van der Waals surface area contributed by atoms with Crippen LogP contribution in [0.1, 0.15) is 31.2 Å². The van der Waals surface area contributed by atoms with Gasteiger partial charge in [0.25, 0.3) is 0 Å². The Kier molecular flexibility index (Phi) is 5.84. The molecule has 0 unspecified atom stereocenters. The van der Waals surface area contributed by atoms with Crippen molar-refractivity contribution in [2.75, 3.05) is 13.6 Å². The van der Waals surface area contributed by atoms with E-state index in [4.69, 9.17) is 4.74 Å². The first-order valence-electron chi connectivity index (χ1n) is 7.73. The molecule has 1 aromatic heterocycles. The van der Waals surface area contributed by atoms with E-state index in [-0.39, 0.29) is 0 Å². The fraction of sp³-hybridized carbons (Fsp3) is 0.333. The zero-order chi connectivity index (χ0) is 17.7. The van der Waals surface area contributed by atoms with Gasteiger partial charge in [-0.25, -0.2) is 18.8 Å². The van der Waals surface area contributed by atoms with Gasteiger partial charge in [-0.15, -0.1) is 0 Å². The number of hydrogen-bond acceptors (Lipinski definition) is 3. The fourth-order valence-corrected chi connectivity index (χ4v) is 2.03. The van der Waals surface area contributed by atoms with E-state index in [2.05, 4.69) is 9.98 Å². The molecule has 0 fully saturated rings. The fourth-order valence-electron chi connectivity index (χ4n) is 2.03. The Morgan fingerprint density at radius 2 is 1.92 bits per heavy atom. The average Bonchev–Trinajstić information content (AvgIpc) is 2.52. The lowest BCUT2D eigenvalue weighted by molar-refractivity contribution is 0.216. The Bertz CT molecular complexity index is 714. The highest BCUT2D eigenvalue weighted by Gasteiger charge is 2.12. The van der Waals surface area contributed by atoms with Crippen LogP contribution in [0.15, 0.2) is 35.3 Å². The van der Waals surface area contributed by atoms with Gasteiger partial charge in [0, 0.05) is 25.7 Å². The van der Waals surface area contributed by atoms with Crippen LogP contribution in [0.5, 0.6) is 5.88 Å². The van der Waals surface area contributed by atoms with Crippen molar-refractivity contribution in [1.82, 2.24) is 9.88 Å². The molecule has 0 bridgehead atoms. The van der Waals surface area contributed by atoms with Crippen molar-refractivity contribution in [3.05, 3.63) is 53.2 Å². The van der Waals surface area contributed by atoms with Crippen molar-refractivity contribution >= 4 is 12.0 Å². The van der Waals surface area contributed by atoms with Gasteiger partial charge in [-0.05, 0) is 44.5 Å². The molecule has 128 valence electrons. The summed E-state index contributed by atoms with van der Waals surface area (Å²) < 4.78 is 32.3. The summed E-state index contributed by atoms with van der Waals surface area (Å²) in [7, 11) is 1.93. The Morgan fingerprint density at radius 1 is 1.25 bits per heavy atom. The van der Waals surface area contributed by atoms with Crippen molar-refractivity contribution in [2.45, 2.75) is 26.9 Å².